The van der Waals surface area contributed by atoms with Crippen LogP contribution in [0.15, 0.2) is 17.5 Å². The zero-order chi connectivity index (χ0) is 13.7. The minimum atomic E-state index is 0.623. The third-order valence-corrected chi connectivity index (χ3v) is 2.85. The molecule has 2 heterocycles. The van der Waals surface area contributed by atoms with Crippen LogP contribution in [0.3, 0.4) is 0 Å². The van der Waals surface area contributed by atoms with Crippen LogP contribution in [-0.4, -0.2) is 30.9 Å². The van der Waals surface area contributed by atoms with E-state index >= 15 is 0 Å². The summed E-state index contributed by atoms with van der Waals surface area (Å²) >= 11 is 0. The second-order valence-corrected chi connectivity index (χ2v) is 4.61. The van der Waals surface area contributed by atoms with E-state index in [0.29, 0.717) is 5.95 Å². The van der Waals surface area contributed by atoms with E-state index < -0.39 is 0 Å². The Morgan fingerprint density at radius 3 is 2.84 bits per heavy atom. The molecule has 6 heteroatoms. The summed E-state index contributed by atoms with van der Waals surface area (Å²) in [5, 5.41) is 16.7. The lowest BCUT2D eigenvalue weighted by molar-refractivity contribution is 0.710. The third-order valence-electron chi connectivity index (χ3n) is 2.85. The van der Waals surface area contributed by atoms with Crippen molar-refractivity contribution in [2.24, 2.45) is 5.10 Å². The van der Waals surface area contributed by atoms with Crippen LogP contribution in [0.2, 0.25) is 0 Å². The summed E-state index contributed by atoms with van der Waals surface area (Å²) in [5.74, 6) is 0.623. The number of hydrogen-bond acceptors (Lipinski definition) is 4. The van der Waals surface area contributed by atoms with E-state index in [9.17, 15) is 0 Å². The van der Waals surface area contributed by atoms with Crippen LogP contribution in [0.5, 0.6) is 0 Å². The Balaban J connectivity index is 2.12. The lowest BCUT2D eigenvalue weighted by Gasteiger charge is -2.02. The van der Waals surface area contributed by atoms with Gasteiger partial charge < -0.3 is 0 Å². The summed E-state index contributed by atoms with van der Waals surface area (Å²) in [4.78, 5) is 0. The molecule has 6 nitrogen and oxygen atoms in total. The fourth-order valence-electron chi connectivity index (χ4n) is 1.91. The lowest BCUT2D eigenvalue weighted by atomic mass is 10.2. The van der Waals surface area contributed by atoms with Gasteiger partial charge in [-0.2, -0.15) is 14.9 Å². The zero-order valence-corrected chi connectivity index (χ0v) is 11.7. The van der Waals surface area contributed by atoms with E-state index in [1.807, 2.05) is 26.1 Å². The second kappa shape index (κ2) is 6.26. The van der Waals surface area contributed by atoms with Crippen molar-refractivity contribution in [1.82, 2.24) is 24.7 Å². The summed E-state index contributed by atoms with van der Waals surface area (Å²) in [6.45, 7) is 6.14. The van der Waals surface area contributed by atoms with Crippen molar-refractivity contribution in [3.63, 3.8) is 0 Å². The molecular formula is C13H20N6. The van der Waals surface area contributed by atoms with Crippen LogP contribution in [0.25, 0.3) is 5.95 Å². The maximum Gasteiger partial charge on any atom is 0.273 e. The number of unbranched alkanes of at least 4 members (excludes halogenated alkanes) is 3. The van der Waals surface area contributed by atoms with Crippen LogP contribution >= 0.6 is 0 Å². The summed E-state index contributed by atoms with van der Waals surface area (Å²) in [6.07, 6.45) is 8.10. The molecule has 0 aliphatic carbocycles. The fourth-order valence-corrected chi connectivity index (χ4v) is 1.91. The molecule has 0 saturated heterocycles. The van der Waals surface area contributed by atoms with Gasteiger partial charge in [-0.15, -0.1) is 10.2 Å². The summed E-state index contributed by atoms with van der Waals surface area (Å²) in [5.41, 5.74) is 1.98. The van der Waals surface area contributed by atoms with Gasteiger partial charge in [-0.3, -0.25) is 0 Å². The van der Waals surface area contributed by atoms with Gasteiger partial charge in [-0.05, 0) is 32.8 Å². The fraction of sp³-hybridized carbons (Fsp3) is 0.538. The Morgan fingerprint density at radius 2 is 2.16 bits per heavy atom. The quantitative estimate of drug-likeness (QED) is 0.592. The molecule has 0 aliphatic rings. The molecule has 2 aromatic heterocycles. The highest BCUT2D eigenvalue weighted by molar-refractivity contribution is 5.57. The molecular weight excluding hydrogens is 240 g/mol. The lowest BCUT2D eigenvalue weighted by Crippen LogP contribution is -2.06. The second-order valence-electron chi connectivity index (χ2n) is 4.61. The molecule has 0 amide bonds. The van der Waals surface area contributed by atoms with Gasteiger partial charge in [0.25, 0.3) is 5.95 Å². The van der Waals surface area contributed by atoms with Crippen molar-refractivity contribution < 1.29 is 0 Å². The minimum Gasteiger partial charge on any atom is -0.202 e. The van der Waals surface area contributed by atoms with Gasteiger partial charge in [0.15, 0.2) is 0 Å². The molecule has 0 N–H and O–H groups in total. The Hall–Kier alpha value is -1.98. The van der Waals surface area contributed by atoms with Gasteiger partial charge in [-0.25, -0.2) is 4.68 Å². The van der Waals surface area contributed by atoms with Gasteiger partial charge in [0.1, 0.15) is 6.33 Å². The number of nitrogens with zero attached hydrogens (tertiary/aromatic N) is 6. The average molecular weight is 260 g/mol. The van der Waals surface area contributed by atoms with Crippen LogP contribution in [0.1, 0.15) is 44.0 Å². The van der Waals surface area contributed by atoms with Crippen molar-refractivity contribution in [3.05, 3.63) is 23.8 Å². The van der Waals surface area contributed by atoms with Crippen molar-refractivity contribution in [1.29, 1.82) is 0 Å². The van der Waals surface area contributed by atoms with Gasteiger partial charge in [0.2, 0.25) is 0 Å². The van der Waals surface area contributed by atoms with Crippen LogP contribution in [0, 0.1) is 13.8 Å². The highest BCUT2D eigenvalue weighted by atomic mass is 15.5. The van der Waals surface area contributed by atoms with Gasteiger partial charge in [-0.1, -0.05) is 19.8 Å². The normalized spacial score (nSPS) is 11.5. The molecule has 2 aromatic rings. The molecule has 0 bridgehead atoms. The predicted octanol–water partition coefficient (Wildman–Crippen LogP) is 2.49. The Morgan fingerprint density at radius 1 is 1.32 bits per heavy atom. The Kier molecular flexibility index (Phi) is 4.43. The molecule has 0 atom stereocenters. The molecule has 0 saturated carbocycles. The van der Waals surface area contributed by atoms with E-state index in [1.54, 1.807) is 15.7 Å². The van der Waals surface area contributed by atoms with E-state index in [0.717, 1.165) is 24.2 Å². The number of hydrogen-bond donors (Lipinski definition) is 0. The first-order valence-corrected chi connectivity index (χ1v) is 6.69. The average Bonchev–Trinajstić information content (AvgIpc) is 2.95. The van der Waals surface area contributed by atoms with Crippen molar-refractivity contribution in [2.75, 3.05) is 0 Å². The van der Waals surface area contributed by atoms with E-state index in [2.05, 4.69) is 27.3 Å². The SMILES string of the molecule is CCCCC/C=N/n1cnnc1-n1nc(C)cc1C. The van der Waals surface area contributed by atoms with Crippen LogP contribution < -0.4 is 0 Å². The molecule has 0 unspecified atom stereocenters. The summed E-state index contributed by atoms with van der Waals surface area (Å²) in [6, 6.07) is 2.00. The number of aryl methyl sites for hydroxylation is 2. The van der Waals surface area contributed by atoms with Crippen LogP contribution in [-0.2, 0) is 0 Å². The third kappa shape index (κ3) is 3.27. The maximum atomic E-state index is 4.39. The predicted molar refractivity (Wildman–Crippen MR) is 74.7 cm³/mol. The van der Waals surface area contributed by atoms with E-state index in [1.165, 1.54) is 12.8 Å². The Bertz CT molecular complexity index is 551. The molecule has 0 aromatic carbocycles. The standard InChI is InChI=1S/C13H20N6/c1-4-5-6-7-8-15-18-10-14-16-13(18)19-12(3)9-11(2)17-19/h8-10H,4-7H2,1-3H3/b15-8+. The largest absolute Gasteiger partial charge is 0.273 e. The molecule has 0 radical (unpaired) electrons. The van der Waals surface area contributed by atoms with Gasteiger partial charge in [0, 0.05) is 11.9 Å². The summed E-state index contributed by atoms with van der Waals surface area (Å²) < 4.78 is 3.41. The first kappa shape index (κ1) is 13.5. The number of aromatic nitrogens is 5. The summed E-state index contributed by atoms with van der Waals surface area (Å²) in [7, 11) is 0. The van der Waals surface area contributed by atoms with Gasteiger partial charge in [0.05, 0.1) is 5.69 Å². The van der Waals surface area contributed by atoms with Crippen molar-refractivity contribution >= 4 is 6.21 Å². The first-order chi connectivity index (χ1) is 9.22. The zero-order valence-electron chi connectivity index (χ0n) is 11.7. The Labute approximate surface area is 113 Å². The monoisotopic (exact) mass is 260 g/mol. The molecule has 19 heavy (non-hydrogen) atoms. The molecule has 0 aliphatic heterocycles. The topological polar surface area (TPSA) is 60.9 Å². The smallest absolute Gasteiger partial charge is 0.202 e. The molecule has 2 rings (SSSR count). The van der Waals surface area contributed by atoms with Crippen molar-refractivity contribution in [2.45, 2.75) is 46.5 Å². The maximum absolute atomic E-state index is 4.39. The molecule has 0 fully saturated rings. The highest BCUT2D eigenvalue weighted by Gasteiger charge is 2.09. The highest BCUT2D eigenvalue weighted by Crippen LogP contribution is 2.09. The first-order valence-electron chi connectivity index (χ1n) is 6.69. The van der Waals surface area contributed by atoms with Crippen molar-refractivity contribution in [3.8, 4) is 5.95 Å². The van der Waals surface area contributed by atoms with Crippen LogP contribution in [0.4, 0.5) is 0 Å². The van der Waals surface area contributed by atoms with E-state index in [4.69, 9.17) is 0 Å². The van der Waals surface area contributed by atoms with Gasteiger partial charge >= 0.3 is 0 Å². The molecule has 102 valence electrons. The van der Waals surface area contributed by atoms with E-state index in [-0.39, 0.29) is 0 Å². The minimum absolute atomic E-state index is 0.623. The molecule has 0 spiro atoms. The number of rotatable bonds is 6.